The Morgan fingerprint density at radius 3 is 2.05 bits per heavy atom. The first-order valence-electron chi connectivity index (χ1n) is 12.6. The summed E-state index contributed by atoms with van der Waals surface area (Å²) in [6.07, 6.45) is 0.702. The monoisotopic (exact) mass is 535 g/mol. The van der Waals surface area contributed by atoms with E-state index in [9.17, 15) is 18.3 Å². The van der Waals surface area contributed by atoms with E-state index in [1.165, 1.54) is 12.1 Å². The van der Waals surface area contributed by atoms with Crippen LogP contribution in [0.25, 0.3) is 0 Å². The van der Waals surface area contributed by atoms with Gasteiger partial charge in [0.05, 0.1) is 26.9 Å². The van der Waals surface area contributed by atoms with E-state index in [2.05, 4.69) is 4.90 Å². The smallest absolute Gasteiger partial charge is 0.325 e. The van der Waals surface area contributed by atoms with Crippen LogP contribution in [0.5, 0.6) is 23.0 Å². The van der Waals surface area contributed by atoms with Gasteiger partial charge in [-0.2, -0.15) is 0 Å². The van der Waals surface area contributed by atoms with E-state index < -0.39 is 20.6 Å². The fourth-order valence-corrected chi connectivity index (χ4v) is 6.61. The number of carbonyl (C=O) groups is 1. The molecule has 0 aromatic heterocycles. The SMILES string of the molecule is CCOc1ccc(S(=O)(=O)C2(C(=O)O)CCN(CCc3ccc(OC)cc3)CC2)c(OCC)c1OCC. The summed E-state index contributed by atoms with van der Waals surface area (Å²) in [5.74, 6) is -0.0462. The van der Waals surface area contributed by atoms with Gasteiger partial charge in [0.1, 0.15) is 10.6 Å². The number of nitrogens with zero attached hydrogens (tertiary/aromatic N) is 1. The number of rotatable bonds is 13. The highest BCUT2D eigenvalue weighted by Gasteiger charge is 2.54. The number of likely N-dealkylation sites (tertiary alicyclic amines) is 1. The van der Waals surface area contributed by atoms with Crippen molar-refractivity contribution < 1.29 is 37.3 Å². The molecule has 0 amide bonds. The van der Waals surface area contributed by atoms with E-state index >= 15 is 0 Å². The van der Waals surface area contributed by atoms with Crippen LogP contribution in [-0.4, -0.2) is 75.7 Å². The molecule has 1 fully saturated rings. The van der Waals surface area contributed by atoms with Gasteiger partial charge in [-0.25, -0.2) is 8.42 Å². The summed E-state index contributed by atoms with van der Waals surface area (Å²) in [5.41, 5.74) is 1.13. The molecule has 1 aliphatic heterocycles. The average molecular weight is 536 g/mol. The van der Waals surface area contributed by atoms with Crippen LogP contribution in [0.4, 0.5) is 0 Å². The minimum Gasteiger partial charge on any atom is -0.497 e. The quantitative estimate of drug-likeness (QED) is 0.409. The summed E-state index contributed by atoms with van der Waals surface area (Å²) >= 11 is 0. The van der Waals surface area contributed by atoms with Crippen LogP contribution < -0.4 is 18.9 Å². The third-order valence-corrected chi connectivity index (χ3v) is 9.16. The van der Waals surface area contributed by atoms with Crippen molar-refractivity contribution in [3.05, 3.63) is 42.0 Å². The number of hydrogen-bond donors (Lipinski definition) is 1. The molecule has 204 valence electrons. The molecule has 2 aromatic carbocycles. The Hall–Kier alpha value is -2.98. The molecule has 1 saturated heterocycles. The van der Waals surface area contributed by atoms with E-state index in [4.69, 9.17) is 18.9 Å². The van der Waals surface area contributed by atoms with Gasteiger partial charge in [0, 0.05) is 19.6 Å². The number of hydrogen-bond acceptors (Lipinski definition) is 8. The average Bonchev–Trinajstić information content (AvgIpc) is 2.89. The number of aliphatic carboxylic acids is 1. The van der Waals surface area contributed by atoms with E-state index in [0.29, 0.717) is 32.0 Å². The third-order valence-electron chi connectivity index (χ3n) is 6.65. The molecular formula is C27H37NO8S. The lowest BCUT2D eigenvalue weighted by Gasteiger charge is -2.38. The molecule has 1 heterocycles. The second-order valence-electron chi connectivity index (χ2n) is 8.76. The molecule has 0 bridgehead atoms. The summed E-state index contributed by atoms with van der Waals surface area (Å²) in [4.78, 5) is 14.5. The lowest BCUT2D eigenvalue weighted by molar-refractivity contribution is -0.141. The van der Waals surface area contributed by atoms with Crippen molar-refractivity contribution in [3.8, 4) is 23.0 Å². The van der Waals surface area contributed by atoms with Crippen LogP contribution in [0.2, 0.25) is 0 Å². The Bertz CT molecular complexity index is 1160. The Balaban J connectivity index is 1.87. The van der Waals surface area contributed by atoms with Gasteiger partial charge in [-0.3, -0.25) is 4.79 Å². The Kier molecular flexibility index (Phi) is 9.67. The van der Waals surface area contributed by atoms with Crippen LogP contribution in [-0.2, 0) is 21.1 Å². The molecule has 0 saturated carbocycles. The minimum absolute atomic E-state index is 0.00198. The van der Waals surface area contributed by atoms with E-state index in [0.717, 1.165) is 17.7 Å². The maximum absolute atomic E-state index is 14.0. The van der Waals surface area contributed by atoms with Gasteiger partial charge >= 0.3 is 5.97 Å². The number of ether oxygens (including phenoxy) is 4. The highest BCUT2D eigenvalue weighted by atomic mass is 32.2. The second kappa shape index (κ2) is 12.5. The summed E-state index contributed by atoms with van der Waals surface area (Å²) in [6.45, 7) is 7.49. The van der Waals surface area contributed by atoms with Gasteiger partial charge in [-0.05, 0) is 69.9 Å². The number of carboxylic acid groups (broad SMARTS) is 1. The van der Waals surface area contributed by atoms with E-state index in [1.54, 1.807) is 21.0 Å². The first-order valence-corrected chi connectivity index (χ1v) is 14.1. The van der Waals surface area contributed by atoms with Crippen molar-refractivity contribution in [1.82, 2.24) is 4.90 Å². The zero-order valence-electron chi connectivity index (χ0n) is 22.0. The normalized spacial score (nSPS) is 15.7. The molecule has 1 N–H and O–H groups in total. The number of carboxylic acids is 1. The molecule has 0 unspecified atom stereocenters. The Labute approximate surface area is 219 Å². The van der Waals surface area contributed by atoms with Crippen molar-refractivity contribution >= 4 is 15.8 Å². The molecular weight excluding hydrogens is 498 g/mol. The van der Waals surface area contributed by atoms with E-state index in [1.807, 2.05) is 31.2 Å². The molecule has 3 rings (SSSR count). The first kappa shape index (κ1) is 28.6. The number of methoxy groups -OCH3 is 1. The van der Waals surface area contributed by atoms with Crippen molar-refractivity contribution in [2.45, 2.75) is 49.7 Å². The highest BCUT2D eigenvalue weighted by Crippen LogP contribution is 2.47. The topological polar surface area (TPSA) is 112 Å². The van der Waals surface area contributed by atoms with Crippen LogP contribution in [0, 0.1) is 0 Å². The Morgan fingerprint density at radius 1 is 0.919 bits per heavy atom. The molecule has 2 aromatic rings. The summed E-state index contributed by atoms with van der Waals surface area (Å²) < 4.78 is 48.4. The third kappa shape index (κ3) is 5.96. The molecule has 0 spiro atoms. The van der Waals surface area contributed by atoms with Crippen molar-refractivity contribution in [1.29, 1.82) is 0 Å². The predicted octanol–water partition coefficient (Wildman–Crippen LogP) is 3.83. The van der Waals surface area contributed by atoms with Gasteiger partial charge < -0.3 is 29.0 Å². The van der Waals surface area contributed by atoms with Crippen LogP contribution >= 0.6 is 0 Å². The second-order valence-corrected chi connectivity index (χ2v) is 11.0. The van der Waals surface area contributed by atoms with Gasteiger partial charge in [0.2, 0.25) is 5.75 Å². The standard InChI is InChI=1S/C27H37NO8S/c1-5-34-22-12-13-23(25(36-7-3)24(22)35-6-2)37(31,32)27(26(29)30)15-18-28(19-16-27)17-14-20-8-10-21(33-4)11-9-20/h8-13H,5-7,14-19H2,1-4H3,(H,29,30). The van der Waals surface area contributed by atoms with Crippen molar-refractivity contribution in [2.24, 2.45) is 0 Å². The largest absolute Gasteiger partial charge is 0.497 e. The minimum atomic E-state index is -4.35. The molecule has 9 nitrogen and oxygen atoms in total. The van der Waals surface area contributed by atoms with Gasteiger partial charge in [0.25, 0.3) is 0 Å². The molecule has 10 heteroatoms. The number of piperidine rings is 1. The van der Waals surface area contributed by atoms with Crippen molar-refractivity contribution in [2.75, 3.05) is 46.6 Å². The van der Waals surface area contributed by atoms with Gasteiger partial charge in [-0.15, -0.1) is 0 Å². The maximum atomic E-state index is 14.0. The highest BCUT2D eigenvalue weighted by molar-refractivity contribution is 7.93. The zero-order chi connectivity index (χ0) is 27.1. The number of benzene rings is 2. The zero-order valence-corrected chi connectivity index (χ0v) is 22.8. The predicted molar refractivity (Wildman–Crippen MR) is 140 cm³/mol. The van der Waals surface area contributed by atoms with Gasteiger partial charge in [-0.1, -0.05) is 12.1 Å². The molecule has 0 atom stereocenters. The first-order chi connectivity index (χ1) is 17.7. The maximum Gasteiger partial charge on any atom is 0.325 e. The number of sulfone groups is 1. The lowest BCUT2D eigenvalue weighted by atomic mass is 9.95. The van der Waals surface area contributed by atoms with E-state index in [-0.39, 0.29) is 42.4 Å². The summed E-state index contributed by atoms with van der Waals surface area (Å²) in [7, 11) is -2.73. The fourth-order valence-electron chi connectivity index (χ4n) is 4.59. The summed E-state index contributed by atoms with van der Waals surface area (Å²) in [5, 5.41) is 10.3. The Morgan fingerprint density at radius 2 is 1.51 bits per heavy atom. The van der Waals surface area contributed by atoms with Crippen LogP contribution in [0.1, 0.15) is 39.2 Å². The van der Waals surface area contributed by atoms with Crippen LogP contribution in [0.3, 0.4) is 0 Å². The molecule has 0 radical (unpaired) electrons. The van der Waals surface area contributed by atoms with Gasteiger partial charge in [0.15, 0.2) is 26.1 Å². The molecule has 37 heavy (non-hydrogen) atoms. The lowest BCUT2D eigenvalue weighted by Crippen LogP contribution is -2.54. The molecule has 1 aliphatic rings. The molecule has 0 aliphatic carbocycles. The van der Waals surface area contributed by atoms with Crippen molar-refractivity contribution in [3.63, 3.8) is 0 Å². The van der Waals surface area contributed by atoms with Crippen LogP contribution in [0.15, 0.2) is 41.3 Å². The summed E-state index contributed by atoms with van der Waals surface area (Å²) in [6, 6.07) is 10.7. The fraction of sp³-hybridized carbons (Fsp3) is 0.519.